The summed E-state index contributed by atoms with van der Waals surface area (Å²) < 4.78 is 12.1. The summed E-state index contributed by atoms with van der Waals surface area (Å²) >= 11 is 0.977. The van der Waals surface area contributed by atoms with Gasteiger partial charge in [-0.1, -0.05) is 12.7 Å². The van der Waals surface area contributed by atoms with Crippen LogP contribution in [0, 0.1) is 6.92 Å². The molecule has 8 heteroatoms. The SMILES string of the molecule is C=CCOC(=O)c1sc(NC(=O)c2ccc(-n3cccc3)cc2)c(C(=O)OCC)c1C. The lowest BCUT2D eigenvalue weighted by Crippen LogP contribution is -2.15. The lowest BCUT2D eigenvalue weighted by molar-refractivity contribution is 0.0527. The number of benzene rings is 1. The van der Waals surface area contributed by atoms with Gasteiger partial charge in [0.05, 0.1) is 12.2 Å². The van der Waals surface area contributed by atoms with Crippen LogP contribution in [0.2, 0.25) is 0 Å². The molecule has 0 bridgehead atoms. The molecule has 160 valence electrons. The van der Waals surface area contributed by atoms with E-state index in [1.807, 2.05) is 41.2 Å². The van der Waals surface area contributed by atoms with Gasteiger partial charge in [0.25, 0.3) is 5.91 Å². The number of hydrogen-bond donors (Lipinski definition) is 1. The summed E-state index contributed by atoms with van der Waals surface area (Å²) in [5, 5.41) is 2.97. The number of carbonyl (C=O) groups excluding carboxylic acids is 3. The van der Waals surface area contributed by atoms with Crippen molar-refractivity contribution < 1.29 is 23.9 Å². The smallest absolute Gasteiger partial charge is 0.348 e. The van der Waals surface area contributed by atoms with E-state index in [1.165, 1.54) is 6.08 Å². The number of aromatic nitrogens is 1. The minimum atomic E-state index is -0.614. The van der Waals surface area contributed by atoms with Crippen LogP contribution in [0.15, 0.2) is 61.4 Å². The summed E-state index contributed by atoms with van der Waals surface area (Å²) in [7, 11) is 0. The predicted molar refractivity (Wildman–Crippen MR) is 119 cm³/mol. The summed E-state index contributed by atoms with van der Waals surface area (Å²) in [4.78, 5) is 37.9. The van der Waals surface area contributed by atoms with Gasteiger partial charge in [0, 0.05) is 23.6 Å². The van der Waals surface area contributed by atoms with Gasteiger partial charge in [0.15, 0.2) is 0 Å². The Labute approximate surface area is 183 Å². The van der Waals surface area contributed by atoms with E-state index in [4.69, 9.17) is 9.47 Å². The molecule has 0 atom stereocenters. The van der Waals surface area contributed by atoms with Gasteiger partial charge >= 0.3 is 11.9 Å². The highest BCUT2D eigenvalue weighted by Crippen LogP contribution is 2.34. The van der Waals surface area contributed by atoms with Crippen LogP contribution >= 0.6 is 11.3 Å². The third-order valence-corrected chi connectivity index (χ3v) is 5.59. The average molecular weight is 439 g/mol. The third kappa shape index (κ3) is 4.92. The molecule has 0 radical (unpaired) electrons. The molecule has 0 unspecified atom stereocenters. The molecule has 2 heterocycles. The first-order valence-electron chi connectivity index (χ1n) is 9.59. The quantitative estimate of drug-likeness (QED) is 0.410. The van der Waals surface area contributed by atoms with Gasteiger partial charge in [-0.25, -0.2) is 9.59 Å². The average Bonchev–Trinajstić information content (AvgIpc) is 3.40. The van der Waals surface area contributed by atoms with Crippen LogP contribution in [0.25, 0.3) is 5.69 Å². The summed E-state index contributed by atoms with van der Waals surface area (Å²) in [6, 6.07) is 10.8. The number of nitrogens with zero attached hydrogens (tertiary/aromatic N) is 1. The van der Waals surface area contributed by atoms with Gasteiger partial charge in [-0.15, -0.1) is 11.3 Å². The highest BCUT2D eigenvalue weighted by atomic mass is 32.1. The topological polar surface area (TPSA) is 86.6 Å². The molecular weight excluding hydrogens is 416 g/mol. The highest BCUT2D eigenvalue weighted by Gasteiger charge is 2.27. The molecule has 2 aromatic heterocycles. The van der Waals surface area contributed by atoms with E-state index in [0.29, 0.717) is 11.1 Å². The number of rotatable bonds is 8. The van der Waals surface area contributed by atoms with E-state index < -0.39 is 17.8 Å². The second-order valence-corrected chi connectivity index (χ2v) is 7.48. The minimum Gasteiger partial charge on any atom is -0.462 e. The highest BCUT2D eigenvalue weighted by molar-refractivity contribution is 7.18. The first-order valence-corrected chi connectivity index (χ1v) is 10.4. The fraction of sp³-hybridized carbons (Fsp3) is 0.174. The summed E-state index contributed by atoms with van der Waals surface area (Å²) in [6.45, 7) is 7.02. The zero-order valence-corrected chi connectivity index (χ0v) is 18.0. The van der Waals surface area contributed by atoms with Crippen LogP contribution in [0.4, 0.5) is 5.00 Å². The normalized spacial score (nSPS) is 10.4. The molecule has 31 heavy (non-hydrogen) atoms. The van der Waals surface area contributed by atoms with Crippen LogP contribution in [-0.4, -0.2) is 35.6 Å². The molecule has 0 spiro atoms. The number of amides is 1. The fourth-order valence-corrected chi connectivity index (χ4v) is 4.00. The molecule has 0 aliphatic heterocycles. The molecule has 0 aliphatic rings. The third-order valence-electron chi connectivity index (χ3n) is 4.40. The van der Waals surface area contributed by atoms with Crippen LogP contribution in [0.1, 0.15) is 42.9 Å². The van der Waals surface area contributed by atoms with Crippen molar-refractivity contribution in [1.29, 1.82) is 0 Å². The number of thiophene rings is 1. The van der Waals surface area contributed by atoms with Crippen molar-refractivity contribution in [2.75, 3.05) is 18.5 Å². The maximum absolute atomic E-state index is 12.8. The van der Waals surface area contributed by atoms with Gasteiger partial charge in [-0.05, 0) is 55.8 Å². The largest absolute Gasteiger partial charge is 0.462 e. The van der Waals surface area contributed by atoms with Crippen molar-refractivity contribution in [2.24, 2.45) is 0 Å². The Morgan fingerprint density at radius 3 is 2.39 bits per heavy atom. The lowest BCUT2D eigenvalue weighted by atomic mass is 10.1. The Hall–Kier alpha value is -3.65. The van der Waals surface area contributed by atoms with E-state index in [-0.39, 0.29) is 28.7 Å². The monoisotopic (exact) mass is 438 g/mol. The lowest BCUT2D eigenvalue weighted by Gasteiger charge is -2.08. The van der Waals surface area contributed by atoms with Crippen molar-refractivity contribution in [1.82, 2.24) is 4.57 Å². The van der Waals surface area contributed by atoms with Crippen molar-refractivity contribution in [2.45, 2.75) is 13.8 Å². The van der Waals surface area contributed by atoms with E-state index in [0.717, 1.165) is 17.0 Å². The standard InChI is InChI=1S/C23H22N2O5S/c1-4-14-30-23(28)19-15(3)18(22(27)29-5-2)21(31-19)24-20(26)16-8-10-17(11-9-16)25-12-6-7-13-25/h4,6-13H,1,5,14H2,2-3H3,(H,24,26). The maximum Gasteiger partial charge on any atom is 0.348 e. The van der Waals surface area contributed by atoms with Crippen LogP contribution in [0.5, 0.6) is 0 Å². The molecule has 1 N–H and O–H groups in total. The second-order valence-electron chi connectivity index (χ2n) is 6.46. The maximum atomic E-state index is 12.8. The number of nitrogens with one attached hydrogen (secondary N) is 1. The van der Waals surface area contributed by atoms with Crippen molar-refractivity contribution in [3.05, 3.63) is 83.0 Å². The van der Waals surface area contributed by atoms with Crippen LogP contribution < -0.4 is 5.32 Å². The molecule has 7 nitrogen and oxygen atoms in total. The van der Waals surface area contributed by atoms with Crippen LogP contribution in [0.3, 0.4) is 0 Å². The van der Waals surface area contributed by atoms with Crippen molar-refractivity contribution in [3.63, 3.8) is 0 Å². The van der Waals surface area contributed by atoms with E-state index >= 15 is 0 Å². The van der Waals surface area contributed by atoms with E-state index in [9.17, 15) is 14.4 Å². The van der Waals surface area contributed by atoms with Gasteiger partial charge in [-0.3, -0.25) is 4.79 Å². The molecule has 1 aromatic carbocycles. The van der Waals surface area contributed by atoms with E-state index in [1.54, 1.807) is 26.0 Å². The number of esters is 2. The zero-order valence-electron chi connectivity index (χ0n) is 17.2. The Morgan fingerprint density at radius 2 is 1.77 bits per heavy atom. The predicted octanol–water partition coefficient (Wildman–Crippen LogP) is 4.62. The molecule has 3 aromatic rings. The number of carbonyl (C=O) groups is 3. The summed E-state index contributed by atoms with van der Waals surface area (Å²) in [5.41, 5.74) is 1.87. The Bertz CT molecular complexity index is 1100. The van der Waals surface area contributed by atoms with Crippen molar-refractivity contribution >= 4 is 34.2 Å². The molecule has 0 saturated heterocycles. The Morgan fingerprint density at radius 1 is 1.10 bits per heavy atom. The van der Waals surface area contributed by atoms with Crippen molar-refractivity contribution in [3.8, 4) is 5.69 Å². The number of hydrogen-bond acceptors (Lipinski definition) is 6. The molecule has 1 amide bonds. The van der Waals surface area contributed by atoms with Gasteiger partial charge in [0.1, 0.15) is 16.5 Å². The fourth-order valence-electron chi connectivity index (χ4n) is 2.91. The number of ether oxygens (including phenoxy) is 2. The summed E-state index contributed by atoms with van der Waals surface area (Å²) in [5.74, 6) is -1.61. The summed E-state index contributed by atoms with van der Waals surface area (Å²) in [6.07, 6.45) is 5.26. The van der Waals surface area contributed by atoms with Gasteiger partial charge in [-0.2, -0.15) is 0 Å². The van der Waals surface area contributed by atoms with E-state index in [2.05, 4.69) is 11.9 Å². The number of anilines is 1. The Kier molecular flexibility index (Phi) is 7.04. The van der Waals surface area contributed by atoms with Gasteiger partial charge < -0.3 is 19.4 Å². The van der Waals surface area contributed by atoms with Gasteiger partial charge in [0.2, 0.25) is 0 Å². The van der Waals surface area contributed by atoms with Crippen LogP contribution in [-0.2, 0) is 9.47 Å². The molecule has 0 aliphatic carbocycles. The first-order chi connectivity index (χ1) is 15.0. The molecule has 0 saturated carbocycles. The molecular formula is C23H22N2O5S. The second kappa shape index (κ2) is 9.90. The molecule has 3 rings (SSSR count). The zero-order chi connectivity index (χ0) is 22.4. The molecule has 0 fully saturated rings. The first kappa shape index (κ1) is 22.0. The Balaban J connectivity index is 1.88. The minimum absolute atomic E-state index is 0.0420.